The van der Waals surface area contributed by atoms with Gasteiger partial charge in [0.1, 0.15) is 10.7 Å². The Kier molecular flexibility index (Phi) is 12.1. The predicted molar refractivity (Wildman–Crippen MR) is 144 cm³/mol. The Balaban J connectivity index is 2.28. The molecule has 0 unspecified atom stereocenters. The van der Waals surface area contributed by atoms with E-state index in [2.05, 4.69) is 9.47 Å². The van der Waals surface area contributed by atoms with Gasteiger partial charge in [0.05, 0.1) is 37.6 Å². The summed E-state index contributed by atoms with van der Waals surface area (Å²) in [4.78, 5) is -1.84. The number of rotatable bonds is 11. The van der Waals surface area contributed by atoms with Crippen molar-refractivity contribution >= 4 is 31.7 Å². The molecule has 0 heterocycles. The lowest BCUT2D eigenvalue weighted by molar-refractivity contribution is -0.372. The molecule has 0 spiro atoms. The summed E-state index contributed by atoms with van der Waals surface area (Å²) in [5.74, 6) is -2.60. The first-order valence-electron chi connectivity index (χ1n) is 14.1. The lowest BCUT2D eigenvalue weighted by Crippen LogP contribution is -2.57. The summed E-state index contributed by atoms with van der Waals surface area (Å²) in [7, 11) is -6.00. The molecule has 312 valence electrons. The van der Waals surface area contributed by atoms with Gasteiger partial charge in [-0.3, -0.25) is 4.55 Å². The van der Waals surface area contributed by atoms with E-state index in [1.54, 1.807) is 0 Å². The van der Waals surface area contributed by atoms with Crippen LogP contribution in [-0.2, 0) is 45.2 Å². The third-order valence-corrected chi connectivity index (χ3v) is 8.90. The van der Waals surface area contributed by atoms with Crippen LogP contribution >= 0.6 is 0 Å². The minimum absolute atomic E-state index is 0.209. The number of fused-ring (bicyclic) bond motifs is 2. The number of ether oxygens (including phenoxy) is 2. The molecule has 3 N–H and O–H groups in total. The smallest absolute Gasteiger partial charge is 0.377 e. The number of hydrogen-bond donors (Lipinski definition) is 3. The third-order valence-electron chi connectivity index (χ3n) is 7.94. The molecule has 3 aromatic carbocycles. The van der Waals surface area contributed by atoms with Gasteiger partial charge in [0.25, 0.3) is 21.3 Å². The predicted octanol–water partition coefficient (Wildman–Crippen LogP) is 8.94. The highest BCUT2D eigenvalue weighted by Gasteiger charge is 2.70. The van der Waals surface area contributed by atoms with Crippen LogP contribution in [0, 0.1) is 5.82 Å². The van der Waals surface area contributed by atoms with E-state index in [-0.39, 0.29) is 24.3 Å². The molecule has 3 aromatic rings. The van der Waals surface area contributed by atoms with Crippen molar-refractivity contribution < 1.29 is 116 Å². The molecule has 0 amide bonds. The molecule has 0 fully saturated rings. The monoisotopic (exact) mass is 860 g/mol. The Morgan fingerprint density at radius 3 is 1.05 bits per heavy atom. The maximum Gasteiger partial charge on any atom is 0.426 e. The maximum atomic E-state index is 16.3. The van der Waals surface area contributed by atoms with Crippen molar-refractivity contribution in [2.45, 2.75) is 79.2 Å². The van der Waals surface area contributed by atoms with Crippen LogP contribution in [0.4, 0.5) is 83.4 Å². The second-order valence-corrected chi connectivity index (χ2v) is 12.8. The maximum absolute atomic E-state index is 16.3. The summed E-state index contributed by atoms with van der Waals surface area (Å²) in [6.45, 7) is -7.10. The molecule has 27 heteroatoms. The van der Waals surface area contributed by atoms with Gasteiger partial charge in [0.2, 0.25) is 0 Å². The van der Waals surface area contributed by atoms with E-state index in [9.17, 15) is 102 Å². The van der Waals surface area contributed by atoms with E-state index in [0.717, 1.165) is 0 Å². The zero-order valence-corrected chi connectivity index (χ0v) is 26.9. The van der Waals surface area contributed by atoms with Gasteiger partial charge in [-0.1, -0.05) is 24.3 Å². The van der Waals surface area contributed by atoms with Crippen molar-refractivity contribution in [1.82, 2.24) is 0 Å². The fourth-order valence-electron chi connectivity index (χ4n) is 5.25. The van der Waals surface area contributed by atoms with Crippen LogP contribution in [0.1, 0.15) is 35.1 Å². The number of halogens is 19. The van der Waals surface area contributed by atoms with Crippen LogP contribution in [0.25, 0.3) is 21.5 Å². The SMILES string of the molecule is O=S(=O)(O)c1c2ccc(COCCC(O)(C(F)(F)F)C(F)(F)F)c(C(F)(F)F)c2c(F)c2c(C(F)(F)F)c(COCCC(O)(C(F)(F)F)C(F)(F)F)ccc12. The number of benzene rings is 3. The van der Waals surface area contributed by atoms with Crippen LogP contribution in [0.2, 0.25) is 0 Å². The molecule has 0 radical (unpaired) electrons. The molecule has 0 atom stereocenters. The van der Waals surface area contributed by atoms with Crippen LogP contribution in [0.5, 0.6) is 0 Å². The Labute approximate surface area is 292 Å². The highest BCUT2D eigenvalue weighted by atomic mass is 32.2. The summed E-state index contributed by atoms with van der Waals surface area (Å²) in [6, 6.07) is 0.897. The lowest BCUT2D eigenvalue weighted by Gasteiger charge is -2.32. The molecule has 0 aliphatic heterocycles. The van der Waals surface area contributed by atoms with Gasteiger partial charge < -0.3 is 19.7 Å². The summed E-state index contributed by atoms with van der Waals surface area (Å²) < 4.78 is 302. The fourth-order valence-corrected chi connectivity index (χ4v) is 6.15. The molecular formula is C28H19F19O7S. The molecule has 3 rings (SSSR count). The topological polar surface area (TPSA) is 113 Å². The van der Waals surface area contributed by atoms with E-state index < -0.39 is 152 Å². The highest BCUT2D eigenvalue weighted by molar-refractivity contribution is 7.86. The first-order chi connectivity index (χ1) is 24.4. The zero-order valence-electron chi connectivity index (χ0n) is 26.1. The van der Waals surface area contributed by atoms with Gasteiger partial charge in [-0.2, -0.15) is 87.4 Å². The number of alkyl halides is 18. The van der Waals surface area contributed by atoms with E-state index in [0.29, 0.717) is 0 Å². The zero-order chi connectivity index (χ0) is 42.8. The quantitative estimate of drug-likeness (QED) is 0.0764. The van der Waals surface area contributed by atoms with Gasteiger partial charge in [0.15, 0.2) is 0 Å². The second kappa shape index (κ2) is 14.5. The Morgan fingerprint density at radius 2 is 0.818 bits per heavy atom. The van der Waals surface area contributed by atoms with E-state index in [4.69, 9.17) is 0 Å². The van der Waals surface area contributed by atoms with Crippen LogP contribution in [0.15, 0.2) is 29.2 Å². The van der Waals surface area contributed by atoms with Crippen LogP contribution in [0.3, 0.4) is 0 Å². The molecule has 0 saturated heterocycles. The van der Waals surface area contributed by atoms with Crippen molar-refractivity contribution in [3.8, 4) is 0 Å². The molecule has 0 bridgehead atoms. The second-order valence-electron chi connectivity index (χ2n) is 11.5. The summed E-state index contributed by atoms with van der Waals surface area (Å²) in [6.07, 6.45) is -42.4. The van der Waals surface area contributed by atoms with Crippen molar-refractivity contribution in [3.63, 3.8) is 0 Å². The molecule has 0 aromatic heterocycles. The van der Waals surface area contributed by atoms with Crippen molar-refractivity contribution in [1.29, 1.82) is 0 Å². The molecular weight excluding hydrogens is 841 g/mol. The van der Waals surface area contributed by atoms with Gasteiger partial charge in [-0.05, 0) is 11.1 Å². The average Bonchev–Trinajstić information content (AvgIpc) is 2.97. The standard InChI is InChI=1S/C28H19F19O7S/c29-19-15-13(3-1-11(17(15)23(30,31)32)9-53-7-5-21(48,25(36,37)38)26(39,40)41)20(55(50,51)52)14-4-2-12(18(16(14)19)24(33,34)35)10-54-8-6-22(49,27(42,43)44)28(45,46)47/h1-4,48-49H,5-10H2,(H,50,51,52). The van der Waals surface area contributed by atoms with Gasteiger partial charge >= 0.3 is 37.1 Å². The first-order valence-corrected chi connectivity index (χ1v) is 15.6. The van der Waals surface area contributed by atoms with Crippen molar-refractivity contribution in [3.05, 3.63) is 52.3 Å². The fraction of sp³-hybridized carbons (Fsp3) is 0.500. The third kappa shape index (κ3) is 8.79. The number of hydrogen-bond acceptors (Lipinski definition) is 6. The Bertz CT molecular complexity index is 1860. The molecule has 0 aliphatic rings. The van der Waals surface area contributed by atoms with E-state index >= 15 is 4.39 Å². The van der Waals surface area contributed by atoms with E-state index in [1.165, 1.54) is 0 Å². The largest absolute Gasteiger partial charge is 0.426 e. The molecule has 0 aliphatic carbocycles. The Hall–Kier alpha value is -3.40. The van der Waals surface area contributed by atoms with Gasteiger partial charge in [0, 0.05) is 34.4 Å². The Morgan fingerprint density at radius 1 is 0.527 bits per heavy atom. The van der Waals surface area contributed by atoms with Crippen molar-refractivity contribution in [2.24, 2.45) is 0 Å². The molecule has 0 saturated carbocycles. The number of aliphatic hydroxyl groups is 2. The summed E-state index contributed by atoms with van der Waals surface area (Å²) >= 11 is 0. The minimum atomic E-state index is -6.40. The highest BCUT2D eigenvalue weighted by Crippen LogP contribution is 2.49. The first kappa shape index (κ1) is 46.0. The van der Waals surface area contributed by atoms with Gasteiger partial charge in [-0.15, -0.1) is 0 Å². The molecule has 55 heavy (non-hydrogen) atoms. The lowest BCUT2D eigenvalue weighted by atomic mass is 9.91. The van der Waals surface area contributed by atoms with Gasteiger partial charge in [-0.25, -0.2) is 4.39 Å². The minimum Gasteiger partial charge on any atom is -0.377 e. The van der Waals surface area contributed by atoms with E-state index in [1.807, 2.05) is 0 Å². The summed E-state index contributed by atoms with van der Waals surface area (Å²) in [5.41, 5.74) is -18.7. The molecule has 7 nitrogen and oxygen atoms in total. The normalized spacial score (nSPS) is 14.7. The summed E-state index contributed by atoms with van der Waals surface area (Å²) in [5, 5.41) is 11.2. The van der Waals surface area contributed by atoms with Crippen LogP contribution < -0.4 is 0 Å². The average molecular weight is 860 g/mol. The van der Waals surface area contributed by atoms with Crippen molar-refractivity contribution in [2.75, 3.05) is 13.2 Å². The van der Waals surface area contributed by atoms with Crippen LogP contribution in [-0.4, -0.2) is 72.3 Å².